The van der Waals surface area contributed by atoms with Gasteiger partial charge in [0.05, 0.1) is 17.7 Å². The molecule has 0 fully saturated rings. The molecule has 31 heavy (non-hydrogen) atoms. The summed E-state index contributed by atoms with van der Waals surface area (Å²) in [4.78, 5) is 12.3. The molecule has 0 heterocycles. The molecule has 1 amide bonds. The van der Waals surface area contributed by atoms with E-state index in [4.69, 9.17) is 9.47 Å². The summed E-state index contributed by atoms with van der Waals surface area (Å²) in [7, 11) is -2.33. The van der Waals surface area contributed by atoms with E-state index in [1.54, 1.807) is 31.2 Å². The van der Waals surface area contributed by atoms with Crippen LogP contribution >= 0.6 is 0 Å². The Balaban J connectivity index is 1.63. The van der Waals surface area contributed by atoms with Gasteiger partial charge < -0.3 is 14.8 Å². The average Bonchev–Trinajstić information content (AvgIpc) is 2.75. The summed E-state index contributed by atoms with van der Waals surface area (Å²) >= 11 is 0. The zero-order chi connectivity index (χ0) is 22.4. The van der Waals surface area contributed by atoms with Crippen LogP contribution in [0.4, 0.5) is 15.8 Å². The van der Waals surface area contributed by atoms with Crippen molar-refractivity contribution in [2.45, 2.75) is 17.9 Å². The topological polar surface area (TPSA) is 93.7 Å². The minimum atomic E-state index is -3.82. The number of anilines is 2. The van der Waals surface area contributed by atoms with Gasteiger partial charge in [-0.25, -0.2) is 12.8 Å². The lowest BCUT2D eigenvalue weighted by Crippen LogP contribution is -2.30. The number of carbonyl (C=O) groups excluding carboxylic acids is 1. The molecule has 1 atom stereocenters. The van der Waals surface area contributed by atoms with Crippen LogP contribution in [0.25, 0.3) is 0 Å². The zero-order valence-corrected chi connectivity index (χ0v) is 17.6. The predicted octanol–water partition coefficient (Wildman–Crippen LogP) is 4.04. The molecule has 0 aliphatic heterocycles. The van der Waals surface area contributed by atoms with Gasteiger partial charge in [-0.05, 0) is 67.6 Å². The fraction of sp³-hybridized carbons (Fsp3) is 0.136. The van der Waals surface area contributed by atoms with Gasteiger partial charge in [0.1, 0.15) is 17.3 Å². The lowest BCUT2D eigenvalue weighted by atomic mass is 10.3. The molecule has 7 nitrogen and oxygen atoms in total. The van der Waals surface area contributed by atoms with Crippen molar-refractivity contribution in [2.75, 3.05) is 17.1 Å². The first-order chi connectivity index (χ1) is 14.8. The molecule has 3 aromatic rings. The molecular weight excluding hydrogens is 423 g/mol. The number of halogens is 1. The number of ether oxygens (including phenoxy) is 2. The first kappa shape index (κ1) is 22.1. The first-order valence-corrected chi connectivity index (χ1v) is 10.8. The van der Waals surface area contributed by atoms with Crippen LogP contribution in [0.5, 0.6) is 11.5 Å². The van der Waals surface area contributed by atoms with Gasteiger partial charge in [-0.3, -0.25) is 9.52 Å². The van der Waals surface area contributed by atoms with E-state index in [0.717, 1.165) is 0 Å². The van der Waals surface area contributed by atoms with Gasteiger partial charge >= 0.3 is 0 Å². The van der Waals surface area contributed by atoms with Crippen LogP contribution in [0, 0.1) is 5.82 Å². The summed E-state index contributed by atoms with van der Waals surface area (Å²) in [5.41, 5.74) is 0.767. The highest BCUT2D eigenvalue weighted by Gasteiger charge is 2.17. The molecule has 0 aromatic heterocycles. The number of nitrogens with one attached hydrogen (secondary N) is 2. The summed E-state index contributed by atoms with van der Waals surface area (Å²) in [6.45, 7) is 1.55. The van der Waals surface area contributed by atoms with Crippen molar-refractivity contribution in [3.8, 4) is 11.5 Å². The third kappa shape index (κ3) is 5.95. The zero-order valence-electron chi connectivity index (χ0n) is 16.8. The van der Waals surface area contributed by atoms with Crippen LogP contribution in [-0.2, 0) is 14.8 Å². The molecule has 0 unspecified atom stereocenters. The fourth-order valence-electron chi connectivity index (χ4n) is 2.63. The van der Waals surface area contributed by atoms with Crippen LogP contribution in [0.1, 0.15) is 6.92 Å². The van der Waals surface area contributed by atoms with E-state index in [9.17, 15) is 17.6 Å². The molecule has 0 saturated heterocycles. The molecule has 9 heteroatoms. The number of rotatable bonds is 8. The highest BCUT2D eigenvalue weighted by Crippen LogP contribution is 2.22. The number of hydrogen-bond donors (Lipinski definition) is 2. The Labute approximate surface area is 179 Å². The van der Waals surface area contributed by atoms with Gasteiger partial charge in [-0.1, -0.05) is 6.07 Å². The van der Waals surface area contributed by atoms with E-state index in [2.05, 4.69) is 10.0 Å². The van der Waals surface area contributed by atoms with E-state index in [1.807, 2.05) is 0 Å². The first-order valence-electron chi connectivity index (χ1n) is 9.27. The quantitative estimate of drug-likeness (QED) is 0.547. The van der Waals surface area contributed by atoms with Crippen LogP contribution < -0.4 is 19.5 Å². The second-order valence-corrected chi connectivity index (χ2v) is 8.25. The Kier molecular flexibility index (Phi) is 6.76. The second kappa shape index (κ2) is 9.48. The molecule has 0 spiro atoms. The molecule has 2 N–H and O–H groups in total. The van der Waals surface area contributed by atoms with Crippen molar-refractivity contribution in [2.24, 2.45) is 0 Å². The molecule has 0 aliphatic rings. The fourth-order valence-corrected chi connectivity index (χ4v) is 3.68. The van der Waals surface area contributed by atoms with Crippen LogP contribution in [0.2, 0.25) is 0 Å². The minimum absolute atomic E-state index is 0.0314. The van der Waals surface area contributed by atoms with Crippen molar-refractivity contribution in [1.82, 2.24) is 0 Å². The Morgan fingerprint density at radius 3 is 2.26 bits per heavy atom. The van der Waals surface area contributed by atoms with Gasteiger partial charge in [0.25, 0.3) is 15.9 Å². The molecule has 0 radical (unpaired) electrons. The largest absolute Gasteiger partial charge is 0.497 e. The molecule has 3 aromatic carbocycles. The lowest BCUT2D eigenvalue weighted by molar-refractivity contribution is -0.122. The van der Waals surface area contributed by atoms with E-state index < -0.39 is 27.9 Å². The highest BCUT2D eigenvalue weighted by molar-refractivity contribution is 7.92. The molecule has 0 aliphatic carbocycles. The second-order valence-electron chi connectivity index (χ2n) is 6.57. The van der Waals surface area contributed by atoms with Crippen molar-refractivity contribution in [3.05, 3.63) is 78.6 Å². The highest BCUT2D eigenvalue weighted by atomic mass is 32.2. The van der Waals surface area contributed by atoms with Crippen LogP contribution in [-0.4, -0.2) is 27.5 Å². The normalized spacial score (nSPS) is 12.0. The predicted molar refractivity (Wildman–Crippen MR) is 115 cm³/mol. The summed E-state index contributed by atoms with van der Waals surface area (Å²) in [6, 6.07) is 17.6. The summed E-state index contributed by atoms with van der Waals surface area (Å²) < 4.78 is 51.2. The van der Waals surface area contributed by atoms with Crippen molar-refractivity contribution in [3.63, 3.8) is 0 Å². The maximum Gasteiger partial charge on any atom is 0.265 e. The summed E-state index contributed by atoms with van der Waals surface area (Å²) in [5, 5.41) is 2.65. The standard InChI is InChI=1S/C22H21FN2O5S/c1-15(30-19-10-6-16(23)7-11-19)22(26)24-17-8-12-21(13-9-17)31(27,28)25-18-4-3-5-20(14-18)29-2/h3-15,25H,1-2H3,(H,24,26)/t15-/m1/s1. The van der Waals surface area contributed by atoms with Crippen LogP contribution in [0.3, 0.4) is 0 Å². The summed E-state index contributed by atoms with van der Waals surface area (Å²) in [5.74, 6) is 0.0409. The Morgan fingerprint density at radius 2 is 1.61 bits per heavy atom. The van der Waals surface area contributed by atoms with E-state index >= 15 is 0 Å². The third-order valence-electron chi connectivity index (χ3n) is 4.25. The molecular formula is C22H21FN2O5S. The van der Waals surface area contributed by atoms with Gasteiger partial charge in [0.2, 0.25) is 0 Å². The van der Waals surface area contributed by atoms with E-state index in [0.29, 0.717) is 22.9 Å². The third-order valence-corrected chi connectivity index (χ3v) is 5.65. The number of amides is 1. The molecule has 0 bridgehead atoms. The van der Waals surface area contributed by atoms with Crippen molar-refractivity contribution < 1.29 is 27.1 Å². The minimum Gasteiger partial charge on any atom is -0.497 e. The molecule has 162 valence electrons. The van der Waals surface area contributed by atoms with Crippen LogP contribution in [0.15, 0.2) is 77.7 Å². The SMILES string of the molecule is COc1cccc(NS(=O)(=O)c2ccc(NC(=O)[C@@H](C)Oc3ccc(F)cc3)cc2)c1. The molecule has 0 saturated carbocycles. The smallest absolute Gasteiger partial charge is 0.265 e. The van der Waals surface area contributed by atoms with Gasteiger partial charge in [0, 0.05) is 11.8 Å². The van der Waals surface area contributed by atoms with Gasteiger partial charge in [0.15, 0.2) is 6.10 Å². The number of hydrogen-bond acceptors (Lipinski definition) is 5. The Morgan fingerprint density at radius 1 is 0.935 bits per heavy atom. The number of benzene rings is 3. The van der Waals surface area contributed by atoms with Crippen molar-refractivity contribution in [1.29, 1.82) is 0 Å². The number of carbonyl (C=O) groups is 1. The lowest BCUT2D eigenvalue weighted by Gasteiger charge is -2.15. The maximum atomic E-state index is 13.0. The summed E-state index contributed by atoms with van der Waals surface area (Å²) in [6.07, 6.45) is -0.844. The Hall–Kier alpha value is -3.59. The maximum absolute atomic E-state index is 13.0. The van der Waals surface area contributed by atoms with Crippen molar-refractivity contribution >= 4 is 27.3 Å². The van der Waals surface area contributed by atoms with E-state index in [1.165, 1.54) is 55.6 Å². The number of methoxy groups -OCH3 is 1. The monoisotopic (exact) mass is 444 g/mol. The number of sulfonamides is 1. The van der Waals surface area contributed by atoms with E-state index in [-0.39, 0.29) is 4.90 Å². The molecule has 3 rings (SSSR count). The Bertz CT molecular complexity index is 1150. The van der Waals surface area contributed by atoms with Gasteiger partial charge in [-0.15, -0.1) is 0 Å². The van der Waals surface area contributed by atoms with Gasteiger partial charge in [-0.2, -0.15) is 0 Å². The average molecular weight is 444 g/mol.